The van der Waals surface area contributed by atoms with Crippen molar-refractivity contribution in [2.75, 3.05) is 0 Å². The maximum Gasteiger partial charge on any atom is 0.150 e. The van der Waals surface area contributed by atoms with Crippen molar-refractivity contribution in [2.24, 2.45) is 5.73 Å². The van der Waals surface area contributed by atoms with Crippen molar-refractivity contribution in [2.45, 2.75) is 6.92 Å². The summed E-state index contributed by atoms with van der Waals surface area (Å²) < 4.78 is 27.0. The van der Waals surface area contributed by atoms with Crippen LogP contribution in [0, 0.1) is 11.6 Å². The zero-order valence-electron chi connectivity index (χ0n) is 12.0. The SMILES string of the molecule is C/C=C(/C=C(\N)c1ccc(F)cc1)c1c(F)cccc1C=O. The first-order chi connectivity index (χ1) is 10.6. The zero-order valence-corrected chi connectivity index (χ0v) is 12.0. The molecule has 0 unspecified atom stereocenters. The van der Waals surface area contributed by atoms with E-state index in [2.05, 4.69) is 0 Å². The molecule has 0 amide bonds. The second-order valence-electron chi connectivity index (χ2n) is 4.67. The van der Waals surface area contributed by atoms with E-state index >= 15 is 0 Å². The number of halogens is 2. The number of allylic oxidation sites excluding steroid dienone is 3. The Morgan fingerprint density at radius 1 is 1.09 bits per heavy atom. The Morgan fingerprint density at radius 2 is 1.77 bits per heavy atom. The molecule has 0 bridgehead atoms. The van der Waals surface area contributed by atoms with Crippen LogP contribution >= 0.6 is 0 Å². The number of nitrogens with two attached hydrogens (primary N) is 1. The van der Waals surface area contributed by atoms with Crippen LogP contribution in [0.4, 0.5) is 8.78 Å². The van der Waals surface area contributed by atoms with Crippen molar-refractivity contribution in [3.63, 3.8) is 0 Å². The van der Waals surface area contributed by atoms with Crippen LogP contribution in [0.2, 0.25) is 0 Å². The number of hydrogen-bond acceptors (Lipinski definition) is 2. The Bertz CT molecular complexity index is 746. The highest BCUT2D eigenvalue weighted by Crippen LogP contribution is 2.25. The van der Waals surface area contributed by atoms with Gasteiger partial charge in [0.05, 0.1) is 0 Å². The quantitative estimate of drug-likeness (QED) is 0.680. The lowest BCUT2D eigenvalue weighted by atomic mass is 9.97. The third-order valence-corrected chi connectivity index (χ3v) is 3.26. The molecule has 0 radical (unpaired) electrons. The molecular formula is C18H15F2NO. The Hall–Kier alpha value is -2.75. The molecule has 2 nitrogen and oxygen atoms in total. The predicted molar refractivity (Wildman–Crippen MR) is 84.0 cm³/mol. The Balaban J connectivity index is 2.48. The number of carbonyl (C=O) groups excluding carboxylic acids is 1. The van der Waals surface area contributed by atoms with Crippen LogP contribution in [0.25, 0.3) is 11.3 Å². The van der Waals surface area contributed by atoms with Crippen molar-refractivity contribution in [1.29, 1.82) is 0 Å². The Kier molecular flexibility index (Phi) is 4.84. The zero-order chi connectivity index (χ0) is 16.1. The average molecular weight is 299 g/mol. The molecule has 2 aromatic carbocycles. The fraction of sp³-hybridized carbons (Fsp3) is 0.0556. The van der Waals surface area contributed by atoms with Crippen LogP contribution in [-0.2, 0) is 0 Å². The van der Waals surface area contributed by atoms with Crippen LogP contribution in [0.1, 0.15) is 28.4 Å². The molecule has 0 heterocycles. The maximum absolute atomic E-state index is 14.1. The number of aldehydes is 1. The molecule has 0 atom stereocenters. The summed E-state index contributed by atoms with van der Waals surface area (Å²) >= 11 is 0. The molecule has 2 aromatic rings. The van der Waals surface area contributed by atoms with Gasteiger partial charge in [-0.2, -0.15) is 0 Å². The average Bonchev–Trinajstić information content (AvgIpc) is 2.53. The molecule has 0 saturated heterocycles. The molecular weight excluding hydrogens is 284 g/mol. The van der Waals surface area contributed by atoms with E-state index < -0.39 is 5.82 Å². The highest BCUT2D eigenvalue weighted by Gasteiger charge is 2.11. The van der Waals surface area contributed by atoms with Gasteiger partial charge < -0.3 is 5.73 Å². The van der Waals surface area contributed by atoms with Gasteiger partial charge in [0.15, 0.2) is 6.29 Å². The molecule has 2 N–H and O–H groups in total. The van der Waals surface area contributed by atoms with E-state index in [1.54, 1.807) is 19.1 Å². The van der Waals surface area contributed by atoms with Gasteiger partial charge in [-0.25, -0.2) is 8.78 Å². The second-order valence-corrected chi connectivity index (χ2v) is 4.67. The van der Waals surface area contributed by atoms with E-state index in [4.69, 9.17) is 5.73 Å². The number of hydrogen-bond donors (Lipinski definition) is 1. The van der Waals surface area contributed by atoms with Crippen LogP contribution in [0.15, 0.2) is 54.6 Å². The Labute approximate surface area is 127 Å². The predicted octanol–water partition coefficient (Wildman–Crippen LogP) is 4.18. The highest BCUT2D eigenvalue weighted by molar-refractivity contribution is 5.91. The lowest BCUT2D eigenvalue weighted by Crippen LogP contribution is -2.00. The van der Waals surface area contributed by atoms with Crippen LogP contribution < -0.4 is 5.73 Å². The van der Waals surface area contributed by atoms with Crippen LogP contribution in [-0.4, -0.2) is 6.29 Å². The molecule has 0 aliphatic heterocycles. The molecule has 0 aliphatic carbocycles. The molecule has 0 aliphatic rings. The van der Waals surface area contributed by atoms with E-state index in [-0.39, 0.29) is 16.9 Å². The van der Waals surface area contributed by atoms with Gasteiger partial charge in [-0.05, 0) is 42.3 Å². The van der Waals surface area contributed by atoms with Gasteiger partial charge in [-0.1, -0.05) is 30.3 Å². The third-order valence-electron chi connectivity index (χ3n) is 3.26. The molecule has 112 valence electrons. The molecule has 22 heavy (non-hydrogen) atoms. The fourth-order valence-corrected chi connectivity index (χ4v) is 2.14. The lowest BCUT2D eigenvalue weighted by molar-refractivity contribution is 0.112. The maximum atomic E-state index is 14.1. The summed E-state index contributed by atoms with van der Waals surface area (Å²) in [6.07, 6.45) is 3.84. The van der Waals surface area contributed by atoms with E-state index in [0.29, 0.717) is 23.1 Å². The first-order valence-electron chi connectivity index (χ1n) is 6.70. The van der Waals surface area contributed by atoms with Gasteiger partial charge in [-0.15, -0.1) is 0 Å². The van der Waals surface area contributed by atoms with Crippen molar-refractivity contribution in [3.05, 3.63) is 82.9 Å². The monoisotopic (exact) mass is 299 g/mol. The molecule has 0 aromatic heterocycles. The van der Waals surface area contributed by atoms with Crippen LogP contribution in [0.5, 0.6) is 0 Å². The Morgan fingerprint density at radius 3 is 2.36 bits per heavy atom. The summed E-state index contributed by atoms with van der Waals surface area (Å²) in [7, 11) is 0. The van der Waals surface area contributed by atoms with E-state index in [1.165, 1.54) is 42.5 Å². The van der Waals surface area contributed by atoms with Gasteiger partial charge in [-0.3, -0.25) is 4.79 Å². The smallest absolute Gasteiger partial charge is 0.150 e. The van der Waals surface area contributed by atoms with Gasteiger partial charge in [0.25, 0.3) is 0 Å². The number of carbonyl (C=O) groups is 1. The van der Waals surface area contributed by atoms with Gasteiger partial charge in [0.1, 0.15) is 11.6 Å². The lowest BCUT2D eigenvalue weighted by Gasteiger charge is -2.09. The molecule has 0 saturated carbocycles. The van der Waals surface area contributed by atoms with Crippen molar-refractivity contribution in [3.8, 4) is 0 Å². The van der Waals surface area contributed by atoms with E-state index in [0.717, 1.165) is 0 Å². The summed E-state index contributed by atoms with van der Waals surface area (Å²) in [5, 5.41) is 0. The number of benzene rings is 2. The van der Waals surface area contributed by atoms with Gasteiger partial charge >= 0.3 is 0 Å². The largest absolute Gasteiger partial charge is 0.398 e. The van der Waals surface area contributed by atoms with Crippen molar-refractivity contribution in [1.82, 2.24) is 0 Å². The minimum atomic E-state index is -0.499. The van der Waals surface area contributed by atoms with Crippen molar-refractivity contribution < 1.29 is 13.6 Å². The summed E-state index contributed by atoms with van der Waals surface area (Å²) in [6.45, 7) is 1.73. The van der Waals surface area contributed by atoms with Gasteiger partial charge in [0.2, 0.25) is 0 Å². The number of rotatable bonds is 4. The fourth-order valence-electron chi connectivity index (χ4n) is 2.14. The highest BCUT2D eigenvalue weighted by atomic mass is 19.1. The van der Waals surface area contributed by atoms with Crippen LogP contribution in [0.3, 0.4) is 0 Å². The molecule has 0 fully saturated rings. The first-order valence-corrected chi connectivity index (χ1v) is 6.70. The standard InChI is InChI=1S/C18H15F2NO/c1-2-12(18-14(11-22)4-3-5-16(18)20)10-17(21)13-6-8-15(19)9-7-13/h2-11H,21H2,1H3/b12-2-,17-10-. The van der Waals surface area contributed by atoms with Gasteiger partial charge in [0, 0.05) is 16.8 Å². The summed E-state index contributed by atoms with van der Waals surface area (Å²) in [6, 6.07) is 9.97. The van der Waals surface area contributed by atoms with E-state index in [9.17, 15) is 13.6 Å². The summed E-state index contributed by atoms with van der Waals surface area (Å²) in [5.41, 5.74) is 7.89. The van der Waals surface area contributed by atoms with E-state index in [1.807, 2.05) is 0 Å². The minimum absolute atomic E-state index is 0.199. The molecule has 0 spiro atoms. The molecule has 2 rings (SSSR count). The third kappa shape index (κ3) is 3.28. The van der Waals surface area contributed by atoms with Crippen molar-refractivity contribution >= 4 is 17.6 Å². The summed E-state index contributed by atoms with van der Waals surface area (Å²) in [5.74, 6) is -0.860. The molecule has 4 heteroatoms. The normalized spacial score (nSPS) is 12.3. The summed E-state index contributed by atoms with van der Waals surface area (Å²) in [4.78, 5) is 11.1. The minimum Gasteiger partial charge on any atom is -0.398 e. The second kappa shape index (κ2) is 6.80. The first kappa shape index (κ1) is 15.6. The topological polar surface area (TPSA) is 43.1 Å².